The average Bonchev–Trinajstić information content (AvgIpc) is 3.29. The van der Waals surface area contributed by atoms with E-state index >= 15 is 0 Å². The van der Waals surface area contributed by atoms with E-state index in [-0.39, 0.29) is 5.91 Å². The Labute approximate surface area is 170 Å². The number of fused-ring (bicyclic) bond motifs is 2. The number of amides is 1. The van der Waals surface area contributed by atoms with Crippen LogP contribution < -0.4 is 4.74 Å². The fraction of sp³-hybridized carbons (Fsp3) is 0.348. The molecule has 2 aliphatic heterocycles. The molecule has 2 saturated heterocycles. The first-order valence-corrected chi connectivity index (χ1v) is 9.99. The van der Waals surface area contributed by atoms with Gasteiger partial charge in [-0.2, -0.15) is 0 Å². The molecule has 2 aromatic carbocycles. The molecule has 1 aromatic heterocycles. The third kappa shape index (κ3) is 3.04. The number of carbonyl (C=O) groups excluding carboxylic acids is 1. The van der Waals surface area contributed by atoms with Crippen molar-refractivity contribution in [2.24, 2.45) is 11.8 Å². The number of methoxy groups -OCH3 is 1. The molecule has 0 bridgehead atoms. The molecule has 2 aliphatic rings. The summed E-state index contributed by atoms with van der Waals surface area (Å²) in [6, 6.07) is 14.3. The zero-order valence-corrected chi connectivity index (χ0v) is 16.7. The lowest BCUT2D eigenvalue weighted by Crippen LogP contribution is -2.33. The summed E-state index contributed by atoms with van der Waals surface area (Å²) in [7, 11) is 3.87. The topological polar surface area (TPSA) is 58.6 Å². The van der Waals surface area contributed by atoms with Crippen molar-refractivity contribution in [1.82, 2.24) is 19.8 Å². The van der Waals surface area contributed by atoms with E-state index in [1.54, 1.807) is 19.5 Å². The van der Waals surface area contributed by atoms with Crippen LogP contribution in [-0.2, 0) is 0 Å². The van der Waals surface area contributed by atoms with E-state index in [0.717, 1.165) is 30.9 Å². The number of likely N-dealkylation sites (tertiary alicyclic amines) is 2. The van der Waals surface area contributed by atoms with Crippen LogP contribution in [0.5, 0.6) is 5.75 Å². The van der Waals surface area contributed by atoms with Gasteiger partial charge >= 0.3 is 0 Å². The number of rotatable bonds is 3. The summed E-state index contributed by atoms with van der Waals surface area (Å²) in [6.45, 7) is 2.55. The number of ether oxygens (including phenoxy) is 1. The molecule has 29 heavy (non-hydrogen) atoms. The Hall–Kier alpha value is -2.99. The normalized spacial score (nSPS) is 24.1. The highest BCUT2D eigenvalue weighted by Crippen LogP contribution is 2.44. The Morgan fingerprint density at radius 3 is 2.62 bits per heavy atom. The molecule has 0 radical (unpaired) electrons. The van der Waals surface area contributed by atoms with Crippen molar-refractivity contribution in [2.75, 3.05) is 33.8 Å². The molecule has 2 fully saturated rings. The highest BCUT2D eigenvalue weighted by molar-refractivity contribution is 6.04. The van der Waals surface area contributed by atoms with Crippen molar-refractivity contribution >= 4 is 16.9 Å². The third-order valence-corrected chi connectivity index (χ3v) is 6.37. The average molecular weight is 388 g/mol. The van der Waals surface area contributed by atoms with Gasteiger partial charge in [-0.15, -0.1) is 0 Å². The Kier molecular flexibility index (Phi) is 4.43. The maximum absolute atomic E-state index is 13.3. The van der Waals surface area contributed by atoms with Crippen molar-refractivity contribution in [3.8, 4) is 5.75 Å². The first kappa shape index (κ1) is 18.1. The van der Waals surface area contributed by atoms with Gasteiger partial charge in [0.25, 0.3) is 5.91 Å². The van der Waals surface area contributed by atoms with Gasteiger partial charge in [0, 0.05) is 44.0 Å². The highest BCUT2D eigenvalue weighted by Gasteiger charge is 2.47. The van der Waals surface area contributed by atoms with Crippen LogP contribution in [0.25, 0.3) is 11.0 Å². The monoisotopic (exact) mass is 388 g/mol. The van der Waals surface area contributed by atoms with E-state index in [1.807, 2.05) is 35.2 Å². The van der Waals surface area contributed by atoms with Crippen LogP contribution in [0.4, 0.5) is 0 Å². The van der Waals surface area contributed by atoms with Crippen molar-refractivity contribution < 1.29 is 9.53 Å². The van der Waals surface area contributed by atoms with Gasteiger partial charge in [-0.25, -0.2) is 0 Å². The van der Waals surface area contributed by atoms with Crippen LogP contribution in [0, 0.1) is 11.8 Å². The molecule has 0 aliphatic carbocycles. The zero-order valence-electron chi connectivity index (χ0n) is 16.7. The Morgan fingerprint density at radius 1 is 1.03 bits per heavy atom. The minimum Gasteiger partial charge on any atom is -0.497 e. The Bertz CT molecular complexity index is 1050. The lowest BCUT2D eigenvalue weighted by molar-refractivity contribution is 0.0769. The molecular formula is C23H24N4O2. The summed E-state index contributed by atoms with van der Waals surface area (Å²) >= 11 is 0. The number of carbonyl (C=O) groups is 1. The van der Waals surface area contributed by atoms with E-state index in [4.69, 9.17) is 4.74 Å². The van der Waals surface area contributed by atoms with Crippen LogP contribution in [0.1, 0.15) is 22.0 Å². The molecule has 3 heterocycles. The standard InChI is InChI=1S/C23H24N4O2/c1-26-12-16-13-27(14-19(16)22(26)15-6-8-17(29-2)9-7-15)23(28)18-4-3-5-20-21(18)25-11-10-24-20/h3-11,16,19,22H,12-14H2,1-2H3/t16-,19+,22-/m0/s1. The SMILES string of the molecule is COc1ccc([C@H]2[C@@H]3CN(C(=O)c4cccc5nccnc45)C[C@@H]3CN2C)cc1. The minimum atomic E-state index is 0.0571. The minimum absolute atomic E-state index is 0.0571. The number of hydrogen-bond acceptors (Lipinski definition) is 5. The number of benzene rings is 2. The van der Waals surface area contributed by atoms with E-state index in [2.05, 4.69) is 34.0 Å². The molecule has 0 unspecified atom stereocenters. The van der Waals surface area contributed by atoms with Gasteiger partial charge in [-0.05, 0) is 42.8 Å². The first-order chi connectivity index (χ1) is 14.2. The molecule has 0 N–H and O–H groups in total. The van der Waals surface area contributed by atoms with Crippen LogP contribution in [0.2, 0.25) is 0 Å². The van der Waals surface area contributed by atoms with Crippen molar-refractivity contribution in [3.63, 3.8) is 0 Å². The lowest BCUT2D eigenvalue weighted by atomic mass is 9.89. The molecule has 6 heteroatoms. The third-order valence-electron chi connectivity index (χ3n) is 6.37. The second-order valence-electron chi connectivity index (χ2n) is 8.02. The number of hydrogen-bond donors (Lipinski definition) is 0. The second-order valence-corrected chi connectivity index (χ2v) is 8.02. The predicted octanol–water partition coefficient (Wildman–Crippen LogP) is 3.01. The fourth-order valence-electron chi connectivity index (χ4n) is 5.06. The first-order valence-electron chi connectivity index (χ1n) is 9.99. The maximum atomic E-state index is 13.3. The van der Waals surface area contributed by atoms with Crippen LogP contribution in [0.3, 0.4) is 0 Å². The quantitative estimate of drug-likeness (QED) is 0.690. The smallest absolute Gasteiger partial charge is 0.256 e. The van der Waals surface area contributed by atoms with E-state index in [0.29, 0.717) is 29.0 Å². The van der Waals surface area contributed by atoms with Gasteiger partial charge in [0.2, 0.25) is 0 Å². The van der Waals surface area contributed by atoms with Gasteiger partial charge in [0.15, 0.2) is 0 Å². The largest absolute Gasteiger partial charge is 0.497 e. The predicted molar refractivity (Wildman–Crippen MR) is 111 cm³/mol. The van der Waals surface area contributed by atoms with Crippen molar-refractivity contribution in [2.45, 2.75) is 6.04 Å². The molecule has 6 nitrogen and oxygen atoms in total. The van der Waals surface area contributed by atoms with Crippen LogP contribution >= 0.6 is 0 Å². The molecule has 3 atom stereocenters. The summed E-state index contributed by atoms with van der Waals surface area (Å²) in [5.74, 6) is 1.84. The van der Waals surface area contributed by atoms with Gasteiger partial charge in [-0.1, -0.05) is 18.2 Å². The summed E-state index contributed by atoms with van der Waals surface area (Å²) in [5, 5.41) is 0. The molecule has 0 saturated carbocycles. The lowest BCUT2D eigenvalue weighted by Gasteiger charge is -2.27. The molecule has 3 aromatic rings. The molecule has 5 rings (SSSR count). The van der Waals surface area contributed by atoms with Crippen LogP contribution in [0.15, 0.2) is 54.9 Å². The van der Waals surface area contributed by atoms with Gasteiger partial charge in [0.05, 0.1) is 18.2 Å². The molecule has 1 amide bonds. The van der Waals surface area contributed by atoms with E-state index in [1.165, 1.54) is 5.56 Å². The Morgan fingerprint density at radius 2 is 1.83 bits per heavy atom. The fourth-order valence-corrected chi connectivity index (χ4v) is 5.06. The van der Waals surface area contributed by atoms with Crippen LogP contribution in [-0.4, -0.2) is 59.5 Å². The summed E-state index contributed by atoms with van der Waals surface area (Å²) < 4.78 is 5.30. The van der Waals surface area contributed by atoms with Gasteiger partial charge in [0.1, 0.15) is 11.3 Å². The zero-order chi connectivity index (χ0) is 20.0. The van der Waals surface area contributed by atoms with Crippen molar-refractivity contribution in [3.05, 3.63) is 66.0 Å². The van der Waals surface area contributed by atoms with E-state index in [9.17, 15) is 4.79 Å². The number of nitrogens with zero attached hydrogens (tertiary/aromatic N) is 4. The van der Waals surface area contributed by atoms with Gasteiger partial charge in [-0.3, -0.25) is 19.7 Å². The highest BCUT2D eigenvalue weighted by atomic mass is 16.5. The molecule has 148 valence electrons. The summed E-state index contributed by atoms with van der Waals surface area (Å²) in [5.41, 5.74) is 3.37. The maximum Gasteiger partial charge on any atom is 0.256 e. The Balaban J connectivity index is 1.40. The molecule has 0 spiro atoms. The summed E-state index contributed by atoms with van der Waals surface area (Å²) in [6.07, 6.45) is 3.30. The van der Waals surface area contributed by atoms with Gasteiger partial charge < -0.3 is 9.64 Å². The number of aromatic nitrogens is 2. The van der Waals surface area contributed by atoms with E-state index < -0.39 is 0 Å². The molecular weight excluding hydrogens is 364 g/mol. The second kappa shape index (κ2) is 7.12. The number of para-hydroxylation sites is 1. The summed E-state index contributed by atoms with van der Waals surface area (Å²) in [4.78, 5) is 26.5. The van der Waals surface area contributed by atoms with Crippen molar-refractivity contribution in [1.29, 1.82) is 0 Å².